The number of hydrogen-bond acceptors (Lipinski definition) is 2. The van der Waals surface area contributed by atoms with Crippen molar-refractivity contribution in [2.45, 2.75) is 25.2 Å². The second kappa shape index (κ2) is 5.44. The Bertz CT molecular complexity index is 1150. The molecule has 4 aliphatic rings. The van der Waals surface area contributed by atoms with Gasteiger partial charge in [-0.25, -0.2) is 4.90 Å². The van der Waals surface area contributed by atoms with E-state index in [0.29, 0.717) is 5.69 Å². The molecule has 3 heteroatoms. The van der Waals surface area contributed by atoms with Crippen molar-refractivity contribution in [2.75, 3.05) is 4.90 Å². The van der Waals surface area contributed by atoms with E-state index in [2.05, 4.69) is 31.2 Å². The molecule has 142 valence electrons. The monoisotopic (exact) mass is 379 g/mol. The van der Waals surface area contributed by atoms with Crippen molar-refractivity contribution < 1.29 is 9.59 Å². The Morgan fingerprint density at radius 2 is 1.31 bits per heavy atom. The third-order valence-corrected chi connectivity index (χ3v) is 7.34. The predicted octanol–water partition coefficient (Wildman–Crippen LogP) is 4.57. The molecule has 3 aliphatic carbocycles. The van der Waals surface area contributed by atoms with Gasteiger partial charge in [-0.15, -0.1) is 0 Å². The molecule has 0 unspecified atom stereocenters. The summed E-state index contributed by atoms with van der Waals surface area (Å²) in [6.45, 7) is 4.16. The van der Waals surface area contributed by atoms with E-state index < -0.39 is 5.41 Å². The van der Waals surface area contributed by atoms with Crippen LogP contribution < -0.4 is 4.90 Å². The van der Waals surface area contributed by atoms with E-state index in [9.17, 15) is 9.59 Å². The zero-order chi connectivity index (χ0) is 19.9. The standard InChI is InChI=1S/C26H21NO2/c1-15-11-13-16(14-12-15)27-24(28)22-21-17-7-3-5-9-19(17)26(2,23(22)25(27)29)20-10-6-4-8-18(20)21/h3-14,21-23H,1-2H3/t21?,22-,23-,26?/m0/s1. The number of amides is 2. The maximum atomic E-state index is 13.8. The molecule has 1 fully saturated rings. The Kier molecular flexibility index (Phi) is 3.14. The maximum Gasteiger partial charge on any atom is 0.238 e. The SMILES string of the molecule is Cc1ccc(N2C(=O)[C@@H]3[C@@H](C2=O)C2c4ccccc4C3(C)c3ccccc32)cc1. The molecule has 0 radical (unpaired) electrons. The Hall–Kier alpha value is -3.20. The average molecular weight is 379 g/mol. The number of rotatable bonds is 1. The Balaban J connectivity index is 1.61. The van der Waals surface area contributed by atoms with Crippen LogP contribution in [0.25, 0.3) is 0 Å². The number of anilines is 1. The van der Waals surface area contributed by atoms with Crippen LogP contribution >= 0.6 is 0 Å². The summed E-state index contributed by atoms with van der Waals surface area (Å²) in [6, 6.07) is 24.4. The van der Waals surface area contributed by atoms with Gasteiger partial charge >= 0.3 is 0 Å². The van der Waals surface area contributed by atoms with E-state index in [1.807, 2.05) is 55.5 Å². The first-order valence-electron chi connectivity index (χ1n) is 10.2. The molecular weight excluding hydrogens is 358 g/mol. The van der Waals surface area contributed by atoms with Crippen LogP contribution in [-0.4, -0.2) is 11.8 Å². The first kappa shape index (κ1) is 16.7. The topological polar surface area (TPSA) is 37.4 Å². The molecule has 29 heavy (non-hydrogen) atoms. The van der Waals surface area contributed by atoms with E-state index in [1.165, 1.54) is 27.2 Å². The van der Waals surface area contributed by atoms with Crippen molar-refractivity contribution in [2.24, 2.45) is 11.8 Å². The fourth-order valence-corrected chi connectivity index (χ4v) is 6.10. The largest absolute Gasteiger partial charge is 0.274 e. The smallest absolute Gasteiger partial charge is 0.238 e. The summed E-state index contributed by atoms with van der Waals surface area (Å²) < 4.78 is 0. The summed E-state index contributed by atoms with van der Waals surface area (Å²) in [5.74, 6) is -0.921. The Labute approximate surface area is 170 Å². The quantitative estimate of drug-likeness (QED) is 0.581. The molecule has 2 bridgehead atoms. The molecule has 0 spiro atoms. The molecule has 1 heterocycles. The van der Waals surface area contributed by atoms with E-state index in [0.717, 1.165) is 5.56 Å². The number of carbonyl (C=O) groups is 2. The van der Waals surface area contributed by atoms with Crippen LogP contribution in [0.2, 0.25) is 0 Å². The van der Waals surface area contributed by atoms with E-state index in [1.54, 1.807) is 0 Å². The number of aryl methyl sites for hydroxylation is 1. The minimum atomic E-state index is -0.501. The molecule has 0 aromatic heterocycles. The van der Waals surface area contributed by atoms with E-state index >= 15 is 0 Å². The lowest BCUT2D eigenvalue weighted by atomic mass is 9.48. The highest BCUT2D eigenvalue weighted by atomic mass is 16.2. The van der Waals surface area contributed by atoms with Crippen molar-refractivity contribution in [3.8, 4) is 0 Å². The summed E-state index contributed by atoms with van der Waals surface area (Å²) in [5.41, 5.74) is 6.06. The normalized spacial score (nSPS) is 28.9. The molecule has 3 nitrogen and oxygen atoms in total. The van der Waals surface area contributed by atoms with Crippen LogP contribution in [0.1, 0.15) is 40.7 Å². The van der Waals surface area contributed by atoms with Crippen LogP contribution in [0.4, 0.5) is 5.69 Å². The van der Waals surface area contributed by atoms with Crippen LogP contribution in [0.3, 0.4) is 0 Å². The molecule has 2 amide bonds. The highest BCUT2D eigenvalue weighted by Gasteiger charge is 2.66. The predicted molar refractivity (Wildman–Crippen MR) is 112 cm³/mol. The second-order valence-corrected chi connectivity index (χ2v) is 8.71. The first-order valence-corrected chi connectivity index (χ1v) is 10.2. The second-order valence-electron chi connectivity index (χ2n) is 8.71. The molecule has 2 atom stereocenters. The van der Waals surface area contributed by atoms with Crippen molar-refractivity contribution in [1.29, 1.82) is 0 Å². The Morgan fingerprint density at radius 3 is 1.90 bits per heavy atom. The summed E-state index contributed by atoms with van der Waals surface area (Å²) in [6.07, 6.45) is 0. The summed E-state index contributed by atoms with van der Waals surface area (Å²) >= 11 is 0. The number of imide groups is 1. The van der Waals surface area contributed by atoms with Crippen molar-refractivity contribution in [1.82, 2.24) is 0 Å². The summed E-state index contributed by atoms with van der Waals surface area (Å²) in [4.78, 5) is 28.9. The van der Waals surface area contributed by atoms with Gasteiger partial charge in [-0.1, -0.05) is 73.2 Å². The minimum Gasteiger partial charge on any atom is -0.274 e. The van der Waals surface area contributed by atoms with Gasteiger partial charge in [0.25, 0.3) is 0 Å². The molecule has 7 rings (SSSR count). The number of benzene rings is 3. The lowest BCUT2D eigenvalue weighted by Gasteiger charge is -2.52. The van der Waals surface area contributed by atoms with Gasteiger partial charge in [0.1, 0.15) is 0 Å². The number of carbonyl (C=O) groups excluding carboxylic acids is 2. The van der Waals surface area contributed by atoms with Crippen molar-refractivity contribution >= 4 is 17.5 Å². The molecule has 0 N–H and O–H groups in total. The third kappa shape index (κ3) is 1.88. The number of hydrogen-bond donors (Lipinski definition) is 0. The van der Waals surface area contributed by atoms with Crippen LogP contribution in [0.5, 0.6) is 0 Å². The molecule has 1 saturated heterocycles. The average Bonchev–Trinajstić information content (AvgIpc) is 3.01. The van der Waals surface area contributed by atoms with Crippen LogP contribution in [0.15, 0.2) is 72.8 Å². The van der Waals surface area contributed by atoms with Gasteiger partial charge in [0.2, 0.25) is 11.8 Å². The highest BCUT2D eigenvalue weighted by Crippen LogP contribution is 2.64. The van der Waals surface area contributed by atoms with Crippen molar-refractivity contribution in [3.63, 3.8) is 0 Å². The Morgan fingerprint density at radius 1 is 0.759 bits per heavy atom. The lowest BCUT2D eigenvalue weighted by Crippen LogP contribution is -2.51. The zero-order valence-corrected chi connectivity index (χ0v) is 16.4. The van der Waals surface area contributed by atoms with Crippen LogP contribution in [-0.2, 0) is 15.0 Å². The fraction of sp³-hybridized carbons (Fsp3) is 0.231. The van der Waals surface area contributed by atoms with Gasteiger partial charge in [0, 0.05) is 11.3 Å². The van der Waals surface area contributed by atoms with Crippen molar-refractivity contribution in [3.05, 3.63) is 101 Å². The van der Waals surface area contributed by atoms with Crippen LogP contribution in [0, 0.1) is 18.8 Å². The molecular formula is C26H21NO2. The minimum absolute atomic E-state index is 0.0657. The highest BCUT2D eigenvalue weighted by molar-refractivity contribution is 6.23. The van der Waals surface area contributed by atoms with Gasteiger partial charge in [0.05, 0.1) is 17.5 Å². The maximum absolute atomic E-state index is 13.8. The van der Waals surface area contributed by atoms with Gasteiger partial charge in [0.15, 0.2) is 0 Å². The van der Waals surface area contributed by atoms with E-state index in [-0.39, 0.29) is 29.6 Å². The van der Waals surface area contributed by atoms with Gasteiger partial charge in [-0.2, -0.15) is 0 Å². The molecule has 3 aromatic carbocycles. The number of nitrogens with zero attached hydrogens (tertiary/aromatic N) is 1. The van der Waals surface area contributed by atoms with Gasteiger partial charge < -0.3 is 0 Å². The fourth-order valence-electron chi connectivity index (χ4n) is 6.10. The summed E-state index contributed by atoms with van der Waals surface area (Å²) in [5, 5.41) is 0. The zero-order valence-electron chi connectivity index (χ0n) is 16.4. The van der Waals surface area contributed by atoms with Gasteiger partial charge in [-0.3, -0.25) is 9.59 Å². The van der Waals surface area contributed by atoms with E-state index in [4.69, 9.17) is 0 Å². The first-order chi connectivity index (χ1) is 14.0. The molecule has 3 aromatic rings. The van der Waals surface area contributed by atoms with Gasteiger partial charge in [-0.05, 0) is 41.3 Å². The molecule has 1 aliphatic heterocycles. The lowest BCUT2D eigenvalue weighted by molar-refractivity contribution is -0.123. The third-order valence-electron chi connectivity index (χ3n) is 7.34. The summed E-state index contributed by atoms with van der Waals surface area (Å²) in [7, 11) is 0. The molecule has 0 saturated carbocycles.